The molecular weight excluding hydrogens is 377 g/mol. The van der Waals surface area contributed by atoms with Crippen LogP contribution in [0.25, 0.3) is 0 Å². The minimum absolute atomic E-state index is 0.105. The van der Waals surface area contributed by atoms with Crippen molar-refractivity contribution in [2.75, 3.05) is 6.54 Å². The fourth-order valence-electron chi connectivity index (χ4n) is 1.84. The molecule has 0 spiro atoms. The summed E-state index contributed by atoms with van der Waals surface area (Å²) in [5.41, 5.74) is 0. The smallest absolute Gasteiger partial charge is 0.286 e. The third-order valence-electron chi connectivity index (χ3n) is 3.01. The normalized spacial score (nSPS) is 10.5. The van der Waals surface area contributed by atoms with Crippen molar-refractivity contribution in [1.82, 2.24) is 5.32 Å². The molecule has 0 fully saturated rings. The van der Waals surface area contributed by atoms with Crippen LogP contribution < -0.4 is 10.1 Å². The van der Waals surface area contributed by atoms with Crippen molar-refractivity contribution >= 4 is 46.0 Å². The zero-order chi connectivity index (χ0) is 17.5. The highest BCUT2D eigenvalue weighted by Crippen LogP contribution is 2.32. The number of carbonyl (C=O) groups is 2. The second kappa shape index (κ2) is 8.97. The standard InChI is InChI=1S/C16H14Cl3NO4/c17-11-3-1-4-12(15(11)19)23-9-10-6-7-13(24-10)16(22)20-8-2-5-14(18)21/h1,3-4,6-7H,2,5,8-9H2,(H,20,22). The zero-order valence-electron chi connectivity index (χ0n) is 12.5. The predicted octanol–water partition coefficient (Wildman–Crippen LogP) is 4.44. The molecule has 1 aromatic carbocycles. The van der Waals surface area contributed by atoms with Crippen LogP contribution in [-0.4, -0.2) is 17.7 Å². The second-order valence-corrected chi connectivity index (χ2v) is 6.03. The highest BCUT2D eigenvalue weighted by Gasteiger charge is 2.12. The number of ether oxygens (including phenoxy) is 1. The highest BCUT2D eigenvalue weighted by molar-refractivity contribution is 6.63. The Balaban J connectivity index is 1.85. The van der Waals surface area contributed by atoms with Gasteiger partial charge in [-0.15, -0.1) is 0 Å². The van der Waals surface area contributed by atoms with E-state index in [1.54, 1.807) is 30.3 Å². The fraction of sp³-hybridized carbons (Fsp3) is 0.250. The van der Waals surface area contributed by atoms with E-state index in [1.807, 2.05) is 0 Å². The number of hydrogen-bond donors (Lipinski definition) is 1. The summed E-state index contributed by atoms with van der Waals surface area (Å²) in [5.74, 6) is 0.677. The maximum absolute atomic E-state index is 11.9. The Labute approximate surface area is 153 Å². The summed E-state index contributed by atoms with van der Waals surface area (Å²) < 4.78 is 10.9. The first-order valence-corrected chi connectivity index (χ1v) is 8.23. The average Bonchev–Trinajstić information content (AvgIpc) is 3.01. The number of benzene rings is 1. The quantitative estimate of drug-likeness (QED) is 0.534. The molecule has 1 aromatic heterocycles. The van der Waals surface area contributed by atoms with Gasteiger partial charge >= 0.3 is 0 Å². The van der Waals surface area contributed by atoms with E-state index in [2.05, 4.69) is 5.32 Å². The zero-order valence-corrected chi connectivity index (χ0v) is 14.7. The Morgan fingerprint density at radius 3 is 2.71 bits per heavy atom. The molecule has 128 valence electrons. The summed E-state index contributed by atoms with van der Waals surface area (Å²) >= 11 is 17.1. The van der Waals surface area contributed by atoms with Crippen LogP contribution in [0.5, 0.6) is 5.75 Å². The SMILES string of the molecule is O=C(Cl)CCCNC(=O)c1ccc(COc2cccc(Cl)c2Cl)o1. The number of carbonyl (C=O) groups excluding carboxylic acids is 2. The molecule has 0 atom stereocenters. The van der Waals surface area contributed by atoms with Crippen LogP contribution in [0.2, 0.25) is 10.0 Å². The van der Waals surface area contributed by atoms with E-state index in [9.17, 15) is 9.59 Å². The van der Waals surface area contributed by atoms with E-state index in [0.717, 1.165) is 0 Å². The maximum atomic E-state index is 11.9. The molecule has 2 rings (SSSR count). The predicted molar refractivity (Wildman–Crippen MR) is 91.9 cm³/mol. The van der Waals surface area contributed by atoms with Crippen LogP contribution in [0.1, 0.15) is 29.2 Å². The third kappa shape index (κ3) is 5.44. The summed E-state index contributed by atoms with van der Waals surface area (Å²) in [4.78, 5) is 22.5. The number of hydrogen-bond acceptors (Lipinski definition) is 4. The number of nitrogens with one attached hydrogen (secondary N) is 1. The lowest BCUT2D eigenvalue weighted by Crippen LogP contribution is -2.24. The van der Waals surface area contributed by atoms with Gasteiger partial charge in [0.2, 0.25) is 5.24 Å². The van der Waals surface area contributed by atoms with Gasteiger partial charge in [-0.2, -0.15) is 0 Å². The van der Waals surface area contributed by atoms with Crippen LogP contribution in [0.3, 0.4) is 0 Å². The Bertz CT molecular complexity index is 730. The molecule has 24 heavy (non-hydrogen) atoms. The van der Waals surface area contributed by atoms with Crippen molar-refractivity contribution in [3.63, 3.8) is 0 Å². The molecule has 0 aliphatic heterocycles. The minimum atomic E-state index is -0.429. The molecule has 0 radical (unpaired) electrons. The molecule has 5 nitrogen and oxygen atoms in total. The van der Waals surface area contributed by atoms with Crippen molar-refractivity contribution in [3.05, 3.63) is 51.9 Å². The number of furan rings is 1. The van der Waals surface area contributed by atoms with Gasteiger partial charge in [-0.05, 0) is 42.3 Å². The van der Waals surface area contributed by atoms with Crippen molar-refractivity contribution < 1.29 is 18.7 Å². The lowest BCUT2D eigenvalue weighted by molar-refractivity contribution is -0.111. The fourth-order valence-corrected chi connectivity index (χ4v) is 2.32. The molecule has 2 aromatic rings. The summed E-state index contributed by atoms with van der Waals surface area (Å²) in [5, 5.41) is 2.92. The van der Waals surface area contributed by atoms with Crippen LogP contribution in [0, 0.1) is 0 Å². The van der Waals surface area contributed by atoms with Gasteiger partial charge in [0, 0.05) is 13.0 Å². The van der Waals surface area contributed by atoms with Gasteiger partial charge in [0.05, 0.1) is 5.02 Å². The van der Waals surface area contributed by atoms with Crippen LogP contribution >= 0.6 is 34.8 Å². The molecule has 1 heterocycles. The molecule has 1 N–H and O–H groups in total. The van der Waals surface area contributed by atoms with Crippen LogP contribution in [-0.2, 0) is 11.4 Å². The topological polar surface area (TPSA) is 68.5 Å². The molecular formula is C16H14Cl3NO4. The van der Waals surface area contributed by atoms with Gasteiger partial charge in [0.25, 0.3) is 5.91 Å². The number of amides is 1. The number of halogens is 3. The van der Waals surface area contributed by atoms with Gasteiger partial charge in [0.15, 0.2) is 5.76 Å². The van der Waals surface area contributed by atoms with Gasteiger partial charge < -0.3 is 14.5 Å². The summed E-state index contributed by atoms with van der Waals surface area (Å²) in [6, 6.07) is 8.24. The molecule has 0 aliphatic carbocycles. The second-order valence-electron chi connectivity index (χ2n) is 4.82. The molecule has 0 unspecified atom stereocenters. The first-order chi connectivity index (χ1) is 11.5. The van der Waals surface area contributed by atoms with Gasteiger partial charge in [-0.3, -0.25) is 9.59 Å². The van der Waals surface area contributed by atoms with Crippen molar-refractivity contribution in [1.29, 1.82) is 0 Å². The molecule has 0 saturated carbocycles. The summed E-state index contributed by atoms with van der Waals surface area (Å²) in [6.07, 6.45) is 0.678. The van der Waals surface area contributed by atoms with Crippen LogP contribution in [0.15, 0.2) is 34.7 Å². The van der Waals surface area contributed by atoms with Crippen molar-refractivity contribution in [2.24, 2.45) is 0 Å². The Kier molecular flexibility index (Phi) is 6.97. The summed E-state index contributed by atoms with van der Waals surface area (Å²) in [6.45, 7) is 0.441. The molecule has 8 heteroatoms. The maximum Gasteiger partial charge on any atom is 0.286 e. The third-order valence-corrected chi connectivity index (χ3v) is 4.00. The van der Waals surface area contributed by atoms with Gasteiger partial charge in [-0.1, -0.05) is 29.3 Å². The molecule has 0 bridgehead atoms. The first kappa shape index (κ1) is 18.6. The van der Waals surface area contributed by atoms with E-state index < -0.39 is 5.24 Å². The first-order valence-electron chi connectivity index (χ1n) is 7.09. The molecule has 0 saturated heterocycles. The van der Waals surface area contributed by atoms with E-state index >= 15 is 0 Å². The largest absolute Gasteiger partial charge is 0.484 e. The minimum Gasteiger partial charge on any atom is -0.484 e. The lowest BCUT2D eigenvalue weighted by Gasteiger charge is -2.07. The molecule has 1 amide bonds. The van der Waals surface area contributed by atoms with Gasteiger partial charge in [0.1, 0.15) is 23.1 Å². The monoisotopic (exact) mass is 389 g/mol. The van der Waals surface area contributed by atoms with Crippen LogP contribution in [0.4, 0.5) is 0 Å². The van der Waals surface area contributed by atoms with E-state index in [0.29, 0.717) is 34.5 Å². The average molecular weight is 391 g/mol. The van der Waals surface area contributed by atoms with Gasteiger partial charge in [-0.25, -0.2) is 0 Å². The van der Waals surface area contributed by atoms with Crippen molar-refractivity contribution in [3.8, 4) is 5.75 Å². The Hall–Kier alpha value is -1.69. The number of rotatable bonds is 8. The highest BCUT2D eigenvalue weighted by atomic mass is 35.5. The summed E-state index contributed by atoms with van der Waals surface area (Å²) in [7, 11) is 0. The lowest BCUT2D eigenvalue weighted by atomic mass is 10.3. The Morgan fingerprint density at radius 2 is 1.96 bits per heavy atom. The molecule has 0 aliphatic rings. The van der Waals surface area contributed by atoms with E-state index in [-0.39, 0.29) is 24.7 Å². The van der Waals surface area contributed by atoms with E-state index in [1.165, 1.54) is 0 Å². The van der Waals surface area contributed by atoms with Crippen molar-refractivity contribution in [2.45, 2.75) is 19.4 Å². The Morgan fingerprint density at radius 1 is 1.17 bits per heavy atom. The van der Waals surface area contributed by atoms with E-state index in [4.69, 9.17) is 44.0 Å².